The molecule has 13 heteroatoms. The molecule has 1 fully saturated rings. The van der Waals surface area contributed by atoms with Crippen LogP contribution in [0.1, 0.15) is 45.8 Å². The lowest BCUT2D eigenvalue weighted by atomic mass is 10.0. The number of aromatic amines is 1. The fraction of sp³-hybridized carbons (Fsp3) is 0.433. The Morgan fingerprint density at radius 3 is 2.44 bits per heavy atom. The molecule has 0 saturated carbocycles. The number of nitrogens with one attached hydrogen (secondary N) is 2. The van der Waals surface area contributed by atoms with Crippen molar-refractivity contribution < 1.29 is 22.7 Å². The van der Waals surface area contributed by atoms with Crippen molar-refractivity contribution in [2.45, 2.75) is 46.1 Å². The first-order valence-electron chi connectivity index (χ1n) is 14.1. The molecule has 5 heterocycles. The topological polar surface area (TPSA) is 99.9 Å². The lowest BCUT2D eigenvalue weighted by Gasteiger charge is -2.39. The van der Waals surface area contributed by atoms with Crippen molar-refractivity contribution in [1.82, 2.24) is 34.3 Å². The van der Waals surface area contributed by atoms with E-state index >= 15 is 0 Å². The summed E-state index contributed by atoms with van der Waals surface area (Å²) < 4.78 is 49.1. The molecule has 230 valence electrons. The van der Waals surface area contributed by atoms with E-state index in [1.165, 1.54) is 7.11 Å². The minimum absolute atomic E-state index is 0.0368. The number of carbonyl (C=O) groups is 1. The van der Waals surface area contributed by atoms with Crippen molar-refractivity contribution >= 4 is 11.4 Å². The van der Waals surface area contributed by atoms with Gasteiger partial charge in [0.15, 0.2) is 0 Å². The normalized spacial score (nSPS) is 16.1. The van der Waals surface area contributed by atoms with Crippen LogP contribution in [0.15, 0.2) is 41.5 Å². The van der Waals surface area contributed by atoms with Crippen LogP contribution in [0.2, 0.25) is 0 Å². The van der Waals surface area contributed by atoms with Crippen LogP contribution in [-0.4, -0.2) is 80.9 Å². The Hall–Kier alpha value is -4.10. The predicted molar refractivity (Wildman–Crippen MR) is 156 cm³/mol. The van der Waals surface area contributed by atoms with E-state index in [9.17, 15) is 22.8 Å². The molecule has 0 radical (unpaired) electrons. The largest absolute Gasteiger partial charge is 0.496 e. The number of rotatable bonds is 9. The molecule has 0 aliphatic carbocycles. The summed E-state index contributed by atoms with van der Waals surface area (Å²) in [5.41, 5.74) is 5.21. The van der Waals surface area contributed by atoms with Crippen LogP contribution < -0.4 is 15.6 Å². The van der Waals surface area contributed by atoms with Crippen LogP contribution in [0.25, 0.3) is 16.8 Å². The molecule has 0 aromatic carbocycles. The average molecular weight is 600 g/mol. The Balaban J connectivity index is 1.51. The van der Waals surface area contributed by atoms with E-state index in [1.807, 2.05) is 49.7 Å². The van der Waals surface area contributed by atoms with Crippen molar-refractivity contribution in [1.29, 1.82) is 0 Å². The number of H-pyrrole nitrogens is 1. The number of pyridine rings is 2. The van der Waals surface area contributed by atoms with Crippen molar-refractivity contribution in [2.75, 3.05) is 33.3 Å². The number of nitrogens with zero attached hydrogens (tertiary/aromatic N) is 5. The van der Waals surface area contributed by atoms with Gasteiger partial charge in [-0.15, -0.1) is 0 Å². The Morgan fingerprint density at radius 2 is 1.81 bits per heavy atom. The second-order valence-electron chi connectivity index (χ2n) is 10.9. The second-order valence-corrected chi connectivity index (χ2v) is 10.9. The first-order chi connectivity index (χ1) is 20.5. The molecule has 4 aromatic rings. The van der Waals surface area contributed by atoms with Gasteiger partial charge in [0, 0.05) is 79.7 Å². The number of methoxy groups -OCH3 is 1. The smallest absolute Gasteiger partial charge is 0.282 e. The quantitative estimate of drug-likeness (QED) is 0.284. The van der Waals surface area contributed by atoms with E-state index in [2.05, 4.69) is 20.3 Å². The third-order valence-corrected chi connectivity index (χ3v) is 8.28. The van der Waals surface area contributed by atoms with Crippen LogP contribution in [0.5, 0.6) is 5.75 Å². The highest BCUT2D eigenvalue weighted by atomic mass is 19.3. The van der Waals surface area contributed by atoms with Gasteiger partial charge in [0.2, 0.25) is 6.30 Å². The molecule has 1 amide bonds. The third kappa shape index (κ3) is 5.91. The molecular weight excluding hydrogens is 563 g/mol. The molecule has 43 heavy (non-hydrogen) atoms. The van der Waals surface area contributed by atoms with E-state index < -0.39 is 12.7 Å². The molecule has 5 rings (SSSR count). The van der Waals surface area contributed by atoms with Crippen molar-refractivity contribution in [3.63, 3.8) is 0 Å². The van der Waals surface area contributed by atoms with E-state index in [-0.39, 0.29) is 37.1 Å². The second kappa shape index (κ2) is 12.3. The maximum Gasteiger partial charge on any atom is 0.282 e. The molecule has 2 unspecified atom stereocenters. The van der Waals surface area contributed by atoms with Crippen LogP contribution in [0, 0.1) is 13.8 Å². The average Bonchev–Trinajstić information content (AvgIpc) is 3.60. The highest BCUT2D eigenvalue weighted by Crippen LogP contribution is 2.32. The molecule has 1 aliphatic heterocycles. The van der Waals surface area contributed by atoms with Crippen molar-refractivity contribution in [2.24, 2.45) is 7.05 Å². The zero-order valence-corrected chi connectivity index (χ0v) is 24.8. The van der Waals surface area contributed by atoms with E-state index in [1.54, 1.807) is 23.9 Å². The molecule has 1 aliphatic rings. The first kappa shape index (κ1) is 30.4. The fourth-order valence-electron chi connectivity index (χ4n) is 5.93. The van der Waals surface area contributed by atoms with Crippen LogP contribution >= 0.6 is 0 Å². The molecular formula is C30H36F3N7O3. The van der Waals surface area contributed by atoms with Gasteiger partial charge in [-0.25, -0.2) is 13.2 Å². The standard InChI is InChI=1S/C30H36F3N7O3/c1-17-12-25(43-5)23(30(42)36-17)15-34-29(41)22-14-21-13-20(24-6-7-35-37(24)4)16-40(21)26(18(22)2)19(3)38-8-10-39(11-9-38)28(33)27(31)32/h6-7,12-14,16,19,27-28H,8-11,15H2,1-5H3,(H,34,41)(H,36,42). The number of hydrogen-bond acceptors (Lipinski definition) is 6. The third-order valence-electron chi connectivity index (χ3n) is 8.28. The minimum Gasteiger partial charge on any atom is -0.496 e. The van der Waals surface area contributed by atoms with E-state index in [0.29, 0.717) is 35.7 Å². The molecule has 0 bridgehead atoms. The molecule has 2 atom stereocenters. The fourth-order valence-corrected chi connectivity index (χ4v) is 5.93. The lowest BCUT2D eigenvalue weighted by molar-refractivity contribution is -0.0688. The van der Waals surface area contributed by atoms with Gasteiger partial charge < -0.3 is 19.4 Å². The molecule has 0 spiro atoms. The number of carbonyl (C=O) groups excluding carboxylic acids is 1. The number of aromatic nitrogens is 4. The summed E-state index contributed by atoms with van der Waals surface area (Å²) in [6.45, 7) is 6.68. The summed E-state index contributed by atoms with van der Waals surface area (Å²) in [5.74, 6) is 0.0257. The number of aryl methyl sites for hydroxylation is 2. The zero-order chi connectivity index (χ0) is 31.0. The Morgan fingerprint density at radius 1 is 1.12 bits per heavy atom. The highest BCUT2D eigenvalue weighted by molar-refractivity contribution is 5.97. The number of alkyl halides is 3. The van der Waals surface area contributed by atoms with Crippen LogP contribution in [0.3, 0.4) is 0 Å². The van der Waals surface area contributed by atoms with Gasteiger partial charge in [0.05, 0.1) is 24.9 Å². The summed E-state index contributed by atoms with van der Waals surface area (Å²) in [7, 11) is 3.32. The van der Waals surface area contributed by atoms with Crippen LogP contribution in [0.4, 0.5) is 13.2 Å². The maximum absolute atomic E-state index is 14.0. The van der Waals surface area contributed by atoms with Gasteiger partial charge >= 0.3 is 0 Å². The number of ether oxygens (including phenoxy) is 1. The Labute approximate surface area is 247 Å². The molecule has 4 aromatic heterocycles. The van der Waals surface area contributed by atoms with E-state index in [4.69, 9.17) is 4.74 Å². The van der Waals surface area contributed by atoms with Gasteiger partial charge in [0.1, 0.15) is 5.75 Å². The summed E-state index contributed by atoms with van der Waals surface area (Å²) in [5, 5.41) is 7.16. The predicted octanol–water partition coefficient (Wildman–Crippen LogP) is 3.82. The monoisotopic (exact) mass is 599 g/mol. The summed E-state index contributed by atoms with van der Waals surface area (Å²) in [6, 6.07) is 7.17. The summed E-state index contributed by atoms with van der Waals surface area (Å²) in [4.78, 5) is 32.3. The summed E-state index contributed by atoms with van der Waals surface area (Å²) >= 11 is 0. The lowest BCUT2D eigenvalue weighted by Crippen LogP contribution is -2.51. The van der Waals surface area contributed by atoms with Crippen molar-refractivity contribution in [3.05, 3.63) is 75.1 Å². The SMILES string of the molecule is COc1cc(C)[nH]c(=O)c1CNC(=O)c1cc2cc(-c3ccnn3C)cn2c(C(C)N2CCN(C(F)C(F)F)CC2)c1C. The zero-order valence-electron chi connectivity index (χ0n) is 24.8. The number of halogens is 3. The molecule has 1 saturated heterocycles. The summed E-state index contributed by atoms with van der Waals surface area (Å²) in [6.07, 6.45) is -1.64. The number of fused-ring (bicyclic) bond motifs is 1. The van der Waals surface area contributed by atoms with Crippen LogP contribution in [-0.2, 0) is 13.6 Å². The highest BCUT2D eigenvalue weighted by Gasteiger charge is 2.33. The Kier molecular flexibility index (Phi) is 8.65. The number of hydrogen-bond donors (Lipinski definition) is 2. The first-order valence-corrected chi connectivity index (χ1v) is 14.1. The molecule has 2 N–H and O–H groups in total. The number of amides is 1. The number of piperazine rings is 1. The van der Waals surface area contributed by atoms with Gasteiger partial charge in [0.25, 0.3) is 17.9 Å². The van der Waals surface area contributed by atoms with Crippen molar-refractivity contribution in [3.8, 4) is 17.0 Å². The Bertz CT molecular complexity index is 1690. The van der Waals surface area contributed by atoms with Gasteiger partial charge in [-0.05, 0) is 50.6 Å². The van der Waals surface area contributed by atoms with Gasteiger partial charge in [-0.3, -0.25) is 24.1 Å². The van der Waals surface area contributed by atoms with Gasteiger partial charge in [-0.1, -0.05) is 0 Å². The minimum atomic E-state index is -3.05. The van der Waals surface area contributed by atoms with Gasteiger partial charge in [-0.2, -0.15) is 5.10 Å². The maximum atomic E-state index is 14.0. The molecule has 10 nitrogen and oxygen atoms in total. The van der Waals surface area contributed by atoms with E-state index in [0.717, 1.165) is 32.9 Å².